The van der Waals surface area contributed by atoms with Gasteiger partial charge in [0, 0.05) is 62.3 Å². The van der Waals surface area contributed by atoms with Crippen LogP contribution in [-0.4, -0.2) is 110 Å². The number of carbonyl (C=O) groups excluding carboxylic acids is 1. The number of nitrogens with zero attached hydrogens (tertiary/aromatic N) is 6. The maximum atomic E-state index is 14.9. The van der Waals surface area contributed by atoms with Crippen LogP contribution in [0.4, 0.5) is 15.8 Å². The predicted molar refractivity (Wildman–Crippen MR) is 193 cm³/mol. The van der Waals surface area contributed by atoms with Gasteiger partial charge in [0.05, 0.1) is 37.1 Å². The number of nitrogens with one attached hydrogen (secondary N) is 1. The Labute approximate surface area is 289 Å². The molecule has 5 rings (SSSR count). The van der Waals surface area contributed by atoms with Crippen LogP contribution in [0.5, 0.6) is 5.75 Å². The second kappa shape index (κ2) is 18.5. The van der Waals surface area contributed by atoms with Gasteiger partial charge in [0.25, 0.3) is 0 Å². The van der Waals surface area contributed by atoms with Crippen molar-refractivity contribution in [3.8, 4) is 11.8 Å². The minimum atomic E-state index is -1.45. The van der Waals surface area contributed by atoms with Gasteiger partial charge in [-0.2, -0.15) is 5.26 Å². The van der Waals surface area contributed by atoms with Crippen molar-refractivity contribution in [3.05, 3.63) is 59.7 Å². The normalized spacial score (nSPS) is 20.2. The Bertz CT molecular complexity index is 1510. The molecule has 0 spiro atoms. The first-order valence-corrected chi connectivity index (χ1v) is 17.2. The number of unbranched alkanes of at least 4 members (excludes halogenated alkanes) is 1. The molecule has 3 aliphatic heterocycles. The second-order valence-electron chi connectivity index (χ2n) is 12.4. The molecule has 0 radical (unpaired) electrons. The van der Waals surface area contributed by atoms with E-state index < -0.39 is 24.8 Å². The van der Waals surface area contributed by atoms with E-state index in [4.69, 9.17) is 14.6 Å². The van der Waals surface area contributed by atoms with E-state index in [1.807, 2.05) is 12.1 Å². The third-order valence-corrected chi connectivity index (χ3v) is 8.90. The van der Waals surface area contributed by atoms with Crippen LogP contribution in [0.1, 0.15) is 56.7 Å². The highest BCUT2D eigenvalue weighted by Gasteiger charge is 2.34. The zero-order valence-electron chi connectivity index (χ0n) is 29.2. The molecule has 2 N–H and O–H groups in total. The number of benzene rings is 2. The van der Waals surface area contributed by atoms with Gasteiger partial charge in [0.2, 0.25) is 11.9 Å². The van der Waals surface area contributed by atoms with Crippen LogP contribution in [0.3, 0.4) is 0 Å². The maximum absolute atomic E-state index is 14.9. The van der Waals surface area contributed by atoms with Gasteiger partial charge in [-0.1, -0.05) is 33.3 Å². The number of piperazine rings is 1. The number of aryl methyl sites for hydroxylation is 1. The Morgan fingerprint density at radius 1 is 1.16 bits per heavy atom. The monoisotopic (exact) mass is 675 g/mol. The summed E-state index contributed by atoms with van der Waals surface area (Å²) in [6, 6.07) is 14.3. The summed E-state index contributed by atoms with van der Waals surface area (Å²) >= 11 is 0. The van der Waals surface area contributed by atoms with E-state index in [-0.39, 0.29) is 30.8 Å². The molecule has 0 saturated carbocycles. The van der Waals surface area contributed by atoms with Crippen LogP contribution in [-0.2, 0) is 9.53 Å². The number of hydrogen-bond donors (Lipinski definition) is 2. The summed E-state index contributed by atoms with van der Waals surface area (Å²) in [5.41, 5.74) is 3.84. The zero-order valence-corrected chi connectivity index (χ0v) is 29.2. The third-order valence-electron chi connectivity index (χ3n) is 8.90. The summed E-state index contributed by atoms with van der Waals surface area (Å²) in [4.78, 5) is 26.9. The van der Waals surface area contributed by atoms with Gasteiger partial charge >= 0.3 is 0 Å². The fraction of sp³-hybridized carbons (Fsp3) is 0.514. The Kier molecular flexibility index (Phi) is 14.1. The lowest BCUT2D eigenvalue weighted by atomic mass is 10.0. The molecule has 264 valence electrons. The van der Waals surface area contributed by atoms with Crippen LogP contribution >= 0.6 is 0 Å². The van der Waals surface area contributed by atoms with Gasteiger partial charge in [-0.05, 0) is 55.8 Å². The van der Waals surface area contributed by atoms with Crippen molar-refractivity contribution in [1.82, 2.24) is 9.80 Å². The standard InChI is InChI=1S/C33H40FN7O4.C4H10/c1-4-36-33(38-26-5-7-27(8-6-26)39-11-13-40(14-12-39)28-20-44-21-28)37-23(3)24-15-22(2)32(25(16-24)17-35)45-30-9-10-41(18-29(30)34)31(43)19-42;1-3-4-2/h4-8,15-16,28-30,42H,3,9-14,18-21H2,1-2H3,(H,37,38);3-4H2,1-2H3/b36-4-;. The molecule has 11 nitrogen and oxygen atoms in total. The van der Waals surface area contributed by atoms with Gasteiger partial charge in [0.15, 0.2) is 6.17 Å². The molecule has 3 fully saturated rings. The Morgan fingerprint density at radius 3 is 2.41 bits per heavy atom. The van der Waals surface area contributed by atoms with Crippen LogP contribution in [0.15, 0.2) is 53.0 Å². The lowest BCUT2D eigenvalue weighted by molar-refractivity contribution is -0.138. The van der Waals surface area contributed by atoms with Crippen molar-refractivity contribution in [1.29, 1.82) is 5.26 Å². The molecule has 2 unspecified atom stereocenters. The number of amides is 1. The van der Waals surface area contributed by atoms with E-state index in [0.717, 1.165) is 50.8 Å². The number of anilines is 2. The molecular formula is C37H50FN7O4. The maximum Gasteiger partial charge on any atom is 0.248 e. The number of aliphatic hydroxyl groups excluding tert-OH is 1. The molecule has 0 aliphatic carbocycles. The van der Waals surface area contributed by atoms with E-state index >= 15 is 0 Å². The number of guanidine groups is 1. The van der Waals surface area contributed by atoms with E-state index in [9.17, 15) is 14.4 Å². The van der Waals surface area contributed by atoms with E-state index in [1.54, 1.807) is 32.2 Å². The van der Waals surface area contributed by atoms with Crippen molar-refractivity contribution in [2.24, 2.45) is 9.98 Å². The summed E-state index contributed by atoms with van der Waals surface area (Å²) in [6.07, 6.45) is 2.24. The number of aliphatic hydroxyl groups is 1. The van der Waals surface area contributed by atoms with Crippen molar-refractivity contribution >= 4 is 35.2 Å². The van der Waals surface area contributed by atoms with Crippen LogP contribution in [0.2, 0.25) is 0 Å². The number of alkyl halides is 1. The van der Waals surface area contributed by atoms with Crippen LogP contribution in [0, 0.1) is 18.3 Å². The SMILES string of the molecule is C=C(N=C(/N=C\C)Nc1ccc(N2CCN(C3COC3)CC2)cc1)c1cc(C)c(OC2CCN(C(=O)CO)CC2F)c(C#N)c1.CCCC. The summed E-state index contributed by atoms with van der Waals surface area (Å²) in [6.45, 7) is 17.2. The predicted octanol–water partition coefficient (Wildman–Crippen LogP) is 5.03. The van der Waals surface area contributed by atoms with Gasteiger partial charge < -0.3 is 29.7 Å². The lowest BCUT2D eigenvalue weighted by Gasteiger charge is -2.43. The number of likely N-dealkylation sites (tertiary alicyclic amines) is 1. The molecule has 1 amide bonds. The molecule has 2 atom stereocenters. The molecule has 2 aromatic rings. The number of piperidine rings is 1. The second-order valence-corrected chi connectivity index (χ2v) is 12.4. The van der Waals surface area contributed by atoms with Gasteiger partial charge in [-0.15, -0.1) is 0 Å². The van der Waals surface area contributed by atoms with Crippen molar-refractivity contribution < 1.29 is 23.8 Å². The largest absolute Gasteiger partial charge is 0.486 e. The summed E-state index contributed by atoms with van der Waals surface area (Å²) in [5, 5.41) is 22.2. The van der Waals surface area contributed by atoms with Crippen LogP contribution < -0.4 is 15.0 Å². The molecule has 0 aromatic heterocycles. The highest BCUT2D eigenvalue weighted by Crippen LogP contribution is 2.31. The summed E-state index contributed by atoms with van der Waals surface area (Å²) in [5.74, 6) is 0.111. The number of aliphatic imine (C=N–C) groups is 2. The molecule has 2 aromatic carbocycles. The lowest BCUT2D eigenvalue weighted by Crippen LogP contribution is -2.56. The van der Waals surface area contributed by atoms with Crippen molar-refractivity contribution in [2.75, 3.05) is 69.3 Å². The van der Waals surface area contributed by atoms with E-state index in [1.165, 1.54) is 17.7 Å². The highest BCUT2D eigenvalue weighted by atomic mass is 19.1. The molecule has 12 heteroatoms. The fourth-order valence-electron chi connectivity index (χ4n) is 5.74. The molecule has 49 heavy (non-hydrogen) atoms. The minimum absolute atomic E-state index is 0.168. The first-order valence-electron chi connectivity index (χ1n) is 17.2. The number of carbonyl (C=O) groups is 1. The summed E-state index contributed by atoms with van der Waals surface area (Å²) < 4.78 is 26.2. The fourth-order valence-corrected chi connectivity index (χ4v) is 5.74. The molecule has 3 heterocycles. The van der Waals surface area contributed by atoms with Crippen molar-refractivity contribution in [3.63, 3.8) is 0 Å². The molecule has 3 saturated heterocycles. The average molecular weight is 676 g/mol. The zero-order chi connectivity index (χ0) is 35.3. The van der Waals surface area contributed by atoms with E-state index in [0.29, 0.717) is 28.8 Å². The number of nitriles is 1. The Morgan fingerprint density at radius 2 is 1.86 bits per heavy atom. The molecule has 0 bridgehead atoms. The van der Waals surface area contributed by atoms with Gasteiger partial charge in [0.1, 0.15) is 24.5 Å². The summed E-state index contributed by atoms with van der Waals surface area (Å²) in [7, 11) is 0. The number of halogens is 1. The van der Waals surface area contributed by atoms with Gasteiger partial charge in [-0.3, -0.25) is 9.69 Å². The van der Waals surface area contributed by atoms with Crippen LogP contribution in [0.25, 0.3) is 5.70 Å². The average Bonchev–Trinajstić information content (AvgIpc) is 3.09. The van der Waals surface area contributed by atoms with E-state index in [2.05, 4.69) is 63.7 Å². The minimum Gasteiger partial charge on any atom is -0.486 e. The first-order chi connectivity index (χ1) is 23.7. The van der Waals surface area contributed by atoms with Crippen molar-refractivity contribution in [2.45, 2.75) is 65.3 Å². The smallest absolute Gasteiger partial charge is 0.248 e. The Balaban J connectivity index is 0.00000128. The third kappa shape index (κ3) is 10.1. The number of ether oxygens (including phenoxy) is 2. The quantitative estimate of drug-likeness (QED) is 0.280. The molecule has 3 aliphatic rings. The highest BCUT2D eigenvalue weighted by molar-refractivity contribution is 6.01. The Hall–Kier alpha value is -4.31. The van der Waals surface area contributed by atoms with Gasteiger partial charge in [-0.25, -0.2) is 14.4 Å². The number of rotatable bonds is 9. The first kappa shape index (κ1) is 37.5. The topological polar surface area (TPSA) is 126 Å². The molecular weight excluding hydrogens is 625 g/mol. The number of hydrogen-bond acceptors (Lipinski definition) is 8.